The van der Waals surface area contributed by atoms with Crippen LogP contribution in [0.15, 0.2) is 42.5 Å². The summed E-state index contributed by atoms with van der Waals surface area (Å²) in [6.07, 6.45) is 5.28. The Hall–Kier alpha value is -1.54. The third kappa shape index (κ3) is 3.51. The predicted octanol–water partition coefficient (Wildman–Crippen LogP) is 2.68. The Bertz CT molecular complexity index is 546. The van der Waals surface area contributed by atoms with Gasteiger partial charge in [-0.05, 0) is 35.7 Å². The van der Waals surface area contributed by atoms with Crippen LogP contribution in [0, 0.1) is 0 Å². The molecule has 0 aromatic heterocycles. The van der Waals surface area contributed by atoms with Crippen LogP contribution in [0.4, 0.5) is 0 Å². The Morgan fingerprint density at radius 1 is 0.900 bits per heavy atom. The van der Waals surface area contributed by atoms with Crippen LogP contribution in [-0.2, 0) is 0 Å². The lowest BCUT2D eigenvalue weighted by atomic mass is 10.1. The molecule has 1 saturated heterocycles. The molecule has 0 bridgehead atoms. The van der Waals surface area contributed by atoms with Crippen molar-refractivity contribution in [1.82, 2.24) is 0 Å². The molecule has 2 aromatic carbocycles. The van der Waals surface area contributed by atoms with Gasteiger partial charge < -0.3 is 9.64 Å². The van der Waals surface area contributed by atoms with Crippen LogP contribution in [0.1, 0.15) is 25.7 Å². The number of quaternary nitrogens is 1. The summed E-state index contributed by atoms with van der Waals surface area (Å²) in [6.45, 7) is 4.92. The van der Waals surface area contributed by atoms with Gasteiger partial charge in [0.05, 0.1) is 26.2 Å². The fraction of sp³-hybridized carbons (Fsp3) is 0.444. The van der Waals surface area contributed by atoms with E-state index in [1.54, 1.807) is 4.90 Å². The van der Waals surface area contributed by atoms with E-state index >= 15 is 0 Å². The number of likely N-dealkylation sites (tertiary alicyclic amines) is 1. The largest absolute Gasteiger partial charge is 0.494 e. The van der Waals surface area contributed by atoms with Crippen molar-refractivity contribution in [3.05, 3.63) is 42.5 Å². The Morgan fingerprint density at radius 3 is 2.55 bits per heavy atom. The van der Waals surface area contributed by atoms with Crippen molar-refractivity contribution in [1.29, 1.82) is 0 Å². The molecule has 106 valence electrons. The van der Waals surface area contributed by atoms with E-state index in [9.17, 15) is 0 Å². The zero-order chi connectivity index (χ0) is 13.6. The first-order valence-corrected chi connectivity index (χ1v) is 7.87. The summed E-state index contributed by atoms with van der Waals surface area (Å²) in [6, 6.07) is 14.8. The van der Waals surface area contributed by atoms with Crippen LogP contribution in [0.5, 0.6) is 5.75 Å². The average molecular weight is 270 g/mol. The van der Waals surface area contributed by atoms with E-state index in [0.29, 0.717) is 0 Å². The van der Waals surface area contributed by atoms with Gasteiger partial charge in [0.25, 0.3) is 0 Å². The van der Waals surface area contributed by atoms with Crippen LogP contribution in [0.25, 0.3) is 10.8 Å². The van der Waals surface area contributed by atoms with Gasteiger partial charge in [-0.25, -0.2) is 0 Å². The highest BCUT2D eigenvalue weighted by atomic mass is 16.5. The van der Waals surface area contributed by atoms with Gasteiger partial charge in [-0.3, -0.25) is 0 Å². The fourth-order valence-corrected chi connectivity index (χ4v) is 3.05. The van der Waals surface area contributed by atoms with E-state index in [-0.39, 0.29) is 0 Å². The van der Waals surface area contributed by atoms with Gasteiger partial charge >= 0.3 is 0 Å². The average Bonchev–Trinajstić information content (AvgIpc) is 3.00. The Labute approximate surface area is 121 Å². The normalized spacial score (nSPS) is 15.8. The van der Waals surface area contributed by atoms with Crippen molar-refractivity contribution in [2.75, 3.05) is 26.2 Å². The Morgan fingerprint density at radius 2 is 1.70 bits per heavy atom. The second-order valence-corrected chi connectivity index (χ2v) is 5.77. The van der Waals surface area contributed by atoms with Crippen molar-refractivity contribution in [2.24, 2.45) is 0 Å². The third-order valence-electron chi connectivity index (χ3n) is 4.22. The smallest absolute Gasteiger partial charge is 0.119 e. The highest BCUT2D eigenvalue weighted by molar-refractivity contribution is 5.83. The number of unbranched alkanes of at least 4 members (excludes halogenated alkanes) is 1. The van der Waals surface area contributed by atoms with Crippen molar-refractivity contribution in [3.8, 4) is 5.75 Å². The number of fused-ring (bicyclic) bond motifs is 1. The summed E-state index contributed by atoms with van der Waals surface area (Å²) < 4.78 is 5.87. The van der Waals surface area contributed by atoms with Gasteiger partial charge in [0.15, 0.2) is 0 Å². The summed E-state index contributed by atoms with van der Waals surface area (Å²) in [7, 11) is 0. The topological polar surface area (TPSA) is 13.7 Å². The molecule has 1 heterocycles. The van der Waals surface area contributed by atoms with Crippen LogP contribution in [0.3, 0.4) is 0 Å². The summed E-state index contributed by atoms with van der Waals surface area (Å²) in [5, 5.41) is 2.53. The zero-order valence-electron chi connectivity index (χ0n) is 12.1. The number of hydrogen-bond donors (Lipinski definition) is 1. The monoisotopic (exact) mass is 270 g/mol. The van der Waals surface area contributed by atoms with E-state index in [0.717, 1.165) is 18.8 Å². The fourth-order valence-electron chi connectivity index (χ4n) is 3.05. The Balaban J connectivity index is 1.42. The van der Waals surface area contributed by atoms with Crippen molar-refractivity contribution < 1.29 is 9.64 Å². The van der Waals surface area contributed by atoms with Crippen molar-refractivity contribution >= 4 is 10.8 Å². The minimum absolute atomic E-state index is 0.839. The van der Waals surface area contributed by atoms with E-state index in [1.807, 2.05) is 0 Å². The summed E-state index contributed by atoms with van der Waals surface area (Å²) >= 11 is 0. The second-order valence-electron chi connectivity index (χ2n) is 5.77. The first-order valence-electron chi connectivity index (χ1n) is 7.87. The molecule has 0 unspecified atom stereocenters. The lowest BCUT2D eigenvalue weighted by Gasteiger charge is -2.12. The maximum atomic E-state index is 5.87. The quantitative estimate of drug-likeness (QED) is 0.797. The lowest BCUT2D eigenvalue weighted by Crippen LogP contribution is -3.09. The molecule has 0 aliphatic carbocycles. The summed E-state index contributed by atoms with van der Waals surface area (Å²) in [4.78, 5) is 1.79. The van der Waals surface area contributed by atoms with E-state index < -0.39 is 0 Å². The van der Waals surface area contributed by atoms with Crippen molar-refractivity contribution in [2.45, 2.75) is 25.7 Å². The number of nitrogens with one attached hydrogen (secondary N) is 1. The molecule has 0 saturated carbocycles. The molecule has 2 heteroatoms. The molecule has 20 heavy (non-hydrogen) atoms. The molecular weight excluding hydrogens is 246 g/mol. The highest BCUT2D eigenvalue weighted by Gasteiger charge is 2.13. The predicted molar refractivity (Wildman–Crippen MR) is 83.5 cm³/mol. The third-order valence-corrected chi connectivity index (χ3v) is 4.22. The van der Waals surface area contributed by atoms with Crippen LogP contribution in [-0.4, -0.2) is 26.2 Å². The zero-order valence-corrected chi connectivity index (χ0v) is 12.1. The minimum Gasteiger partial charge on any atom is -0.494 e. The van der Waals surface area contributed by atoms with E-state index in [1.165, 1.54) is 49.7 Å². The molecule has 1 aliphatic rings. The minimum atomic E-state index is 0.839. The first-order chi connectivity index (χ1) is 9.92. The van der Waals surface area contributed by atoms with Gasteiger partial charge in [-0.15, -0.1) is 0 Å². The molecule has 1 N–H and O–H groups in total. The maximum absolute atomic E-state index is 5.87. The van der Waals surface area contributed by atoms with Crippen molar-refractivity contribution in [3.63, 3.8) is 0 Å². The number of benzene rings is 2. The Kier molecular flexibility index (Phi) is 4.54. The molecular formula is C18H24NO+. The molecule has 1 fully saturated rings. The molecule has 3 rings (SSSR count). The highest BCUT2D eigenvalue weighted by Crippen LogP contribution is 2.20. The van der Waals surface area contributed by atoms with Gasteiger partial charge in [-0.2, -0.15) is 0 Å². The maximum Gasteiger partial charge on any atom is 0.119 e. The van der Waals surface area contributed by atoms with Gasteiger partial charge in [0, 0.05) is 12.8 Å². The molecule has 2 aromatic rings. The van der Waals surface area contributed by atoms with E-state index in [2.05, 4.69) is 42.5 Å². The SMILES string of the molecule is c1ccc2cc(OCCCC[NH+]3CCCC3)ccc2c1. The number of hydrogen-bond acceptors (Lipinski definition) is 1. The number of ether oxygens (including phenoxy) is 1. The van der Waals surface area contributed by atoms with E-state index in [4.69, 9.17) is 4.74 Å². The number of rotatable bonds is 6. The molecule has 0 amide bonds. The molecule has 0 spiro atoms. The molecule has 0 radical (unpaired) electrons. The van der Waals surface area contributed by atoms with Crippen LogP contribution in [0.2, 0.25) is 0 Å². The molecule has 1 aliphatic heterocycles. The van der Waals surface area contributed by atoms with Gasteiger partial charge in [0.1, 0.15) is 5.75 Å². The van der Waals surface area contributed by atoms with Gasteiger partial charge in [-0.1, -0.05) is 30.3 Å². The standard InChI is InChI=1S/C18H23NO/c1-2-8-17-15-18(10-9-16(17)7-1)20-14-6-5-13-19-11-3-4-12-19/h1-2,7-10,15H,3-6,11-14H2/p+1. The lowest BCUT2D eigenvalue weighted by molar-refractivity contribution is -0.887. The first kappa shape index (κ1) is 13.4. The van der Waals surface area contributed by atoms with Gasteiger partial charge in [0.2, 0.25) is 0 Å². The summed E-state index contributed by atoms with van der Waals surface area (Å²) in [5.41, 5.74) is 0. The van der Waals surface area contributed by atoms with Crippen LogP contribution >= 0.6 is 0 Å². The molecule has 0 atom stereocenters. The second kappa shape index (κ2) is 6.76. The molecule has 2 nitrogen and oxygen atoms in total. The summed E-state index contributed by atoms with van der Waals surface area (Å²) in [5.74, 6) is 0.997. The van der Waals surface area contributed by atoms with Crippen LogP contribution < -0.4 is 9.64 Å².